The van der Waals surface area contributed by atoms with Gasteiger partial charge in [-0.1, -0.05) is 0 Å². The standard InChI is InChI=1S/C3H9FN2/c1-6(4)3-2-5/h2-3,5H2,1H3. The smallest absolute Gasteiger partial charge is 0.0410 e. The van der Waals surface area contributed by atoms with E-state index in [1.165, 1.54) is 7.05 Å². The van der Waals surface area contributed by atoms with Gasteiger partial charge in [0.15, 0.2) is 0 Å². The predicted octanol–water partition coefficient (Wildman–Crippen LogP) is -0.239. The molecule has 0 aliphatic heterocycles. The molecule has 0 saturated heterocycles. The van der Waals surface area contributed by atoms with Crippen molar-refractivity contribution in [2.24, 2.45) is 5.73 Å². The number of nitrogens with zero attached hydrogens (tertiary/aromatic N) is 1. The number of likely N-dealkylation sites (N-methyl/N-ethyl adjacent to an activating group) is 1. The van der Waals surface area contributed by atoms with Gasteiger partial charge < -0.3 is 5.73 Å². The fraction of sp³-hybridized carbons (Fsp3) is 1.00. The van der Waals surface area contributed by atoms with Crippen LogP contribution in [0.25, 0.3) is 0 Å². The molecule has 6 heavy (non-hydrogen) atoms. The molecule has 0 aliphatic carbocycles. The number of halogens is 1. The average molecular weight is 92.1 g/mol. The van der Waals surface area contributed by atoms with Crippen molar-refractivity contribution in [3.63, 3.8) is 0 Å². The summed E-state index contributed by atoms with van der Waals surface area (Å²) in [5.74, 6) is 0. The molecule has 3 heteroatoms. The molecule has 0 aromatic heterocycles. The molecule has 0 spiro atoms. The first-order valence-electron chi connectivity index (χ1n) is 1.84. The van der Waals surface area contributed by atoms with Crippen LogP contribution >= 0.6 is 0 Å². The van der Waals surface area contributed by atoms with E-state index in [0.717, 1.165) is 0 Å². The summed E-state index contributed by atoms with van der Waals surface area (Å²) in [4.78, 5) is 0. The Morgan fingerprint density at radius 1 is 1.83 bits per heavy atom. The van der Waals surface area contributed by atoms with Crippen molar-refractivity contribution < 1.29 is 4.48 Å². The molecular formula is C3H9FN2. The van der Waals surface area contributed by atoms with E-state index in [-0.39, 0.29) is 0 Å². The fourth-order valence-corrected chi connectivity index (χ4v) is 0.178. The molecule has 2 N–H and O–H groups in total. The first-order chi connectivity index (χ1) is 2.77. The number of hydrogen-bond acceptors (Lipinski definition) is 2. The minimum Gasteiger partial charge on any atom is -0.329 e. The van der Waals surface area contributed by atoms with Gasteiger partial charge in [0.1, 0.15) is 0 Å². The summed E-state index contributed by atoms with van der Waals surface area (Å²) in [5, 5.41) is 0.556. The van der Waals surface area contributed by atoms with Crippen LogP contribution in [0.4, 0.5) is 4.48 Å². The van der Waals surface area contributed by atoms with E-state index < -0.39 is 0 Å². The van der Waals surface area contributed by atoms with Crippen molar-refractivity contribution in [3.8, 4) is 0 Å². The molecule has 0 radical (unpaired) electrons. The van der Waals surface area contributed by atoms with Gasteiger partial charge in [-0.15, -0.1) is 9.60 Å². The van der Waals surface area contributed by atoms with Gasteiger partial charge in [-0.25, -0.2) is 0 Å². The lowest BCUT2D eigenvalue weighted by Crippen LogP contribution is -2.17. The van der Waals surface area contributed by atoms with Crippen LogP contribution in [0.3, 0.4) is 0 Å². The van der Waals surface area contributed by atoms with Crippen LogP contribution in [0.2, 0.25) is 0 Å². The molecule has 0 aliphatic rings. The van der Waals surface area contributed by atoms with E-state index >= 15 is 0 Å². The summed E-state index contributed by atoms with van der Waals surface area (Å²) in [6, 6.07) is 0. The van der Waals surface area contributed by atoms with Crippen molar-refractivity contribution in [1.82, 2.24) is 5.12 Å². The Hall–Kier alpha value is -0.150. The van der Waals surface area contributed by atoms with E-state index in [9.17, 15) is 4.48 Å². The van der Waals surface area contributed by atoms with Crippen LogP contribution in [0, 0.1) is 0 Å². The third-order valence-electron chi connectivity index (χ3n) is 0.437. The first-order valence-corrected chi connectivity index (χ1v) is 1.84. The molecule has 0 bridgehead atoms. The number of rotatable bonds is 2. The second-order valence-corrected chi connectivity index (χ2v) is 1.12. The maximum atomic E-state index is 11.5. The predicted molar refractivity (Wildman–Crippen MR) is 22.8 cm³/mol. The summed E-state index contributed by atoms with van der Waals surface area (Å²) in [6.07, 6.45) is 0. The Labute approximate surface area is 36.7 Å². The lowest BCUT2D eigenvalue weighted by Gasteiger charge is -1.97. The highest BCUT2D eigenvalue weighted by Crippen LogP contribution is 1.73. The highest BCUT2D eigenvalue weighted by atomic mass is 19.2. The molecule has 0 saturated carbocycles. The van der Waals surface area contributed by atoms with E-state index in [4.69, 9.17) is 5.73 Å². The Morgan fingerprint density at radius 2 is 2.33 bits per heavy atom. The normalized spacial score (nSPS) is 10.0. The van der Waals surface area contributed by atoms with Gasteiger partial charge in [-0.2, -0.15) is 0 Å². The monoisotopic (exact) mass is 92.1 g/mol. The van der Waals surface area contributed by atoms with Crippen molar-refractivity contribution in [2.45, 2.75) is 0 Å². The Bertz CT molecular complexity index is 30.0. The SMILES string of the molecule is CN(F)CCN. The minimum atomic E-state index is 0.319. The van der Waals surface area contributed by atoms with Crippen LogP contribution < -0.4 is 5.73 Å². The molecule has 0 heterocycles. The maximum Gasteiger partial charge on any atom is 0.0410 e. The molecular weight excluding hydrogens is 83.0 g/mol. The second kappa shape index (κ2) is 3.06. The minimum absolute atomic E-state index is 0.319. The van der Waals surface area contributed by atoms with Crippen molar-refractivity contribution >= 4 is 0 Å². The molecule has 0 rings (SSSR count). The molecule has 2 nitrogen and oxygen atoms in total. The fourth-order valence-electron chi connectivity index (χ4n) is 0.178. The van der Waals surface area contributed by atoms with Crippen LogP contribution in [-0.4, -0.2) is 25.3 Å². The lowest BCUT2D eigenvalue weighted by atomic mass is 10.7. The van der Waals surface area contributed by atoms with Crippen molar-refractivity contribution in [1.29, 1.82) is 0 Å². The van der Waals surface area contributed by atoms with Crippen LogP contribution in [0.15, 0.2) is 0 Å². The van der Waals surface area contributed by atoms with Gasteiger partial charge >= 0.3 is 0 Å². The Morgan fingerprint density at radius 3 is 2.33 bits per heavy atom. The zero-order chi connectivity index (χ0) is 4.99. The van der Waals surface area contributed by atoms with Gasteiger partial charge in [0.2, 0.25) is 0 Å². The largest absolute Gasteiger partial charge is 0.329 e. The first kappa shape index (κ1) is 5.85. The second-order valence-electron chi connectivity index (χ2n) is 1.12. The zero-order valence-electron chi connectivity index (χ0n) is 3.82. The van der Waals surface area contributed by atoms with Crippen LogP contribution in [0.5, 0.6) is 0 Å². The van der Waals surface area contributed by atoms with Gasteiger partial charge in [0.25, 0.3) is 0 Å². The van der Waals surface area contributed by atoms with Crippen LogP contribution in [-0.2, 0) is 0 Å². The van der Waals surface area contributed by atoms with Gasteiger partial charge in [0.05, 0.1) is 0 Å². The quantitative estimate of drug-likeness (QED) is 0.476. The highest BCUT2D eigenvalue weighted by Gasteiger charge is 1.84. The zero-order valence-corrected chi connectivity index (χ0v) is 3.82. The maximum absolute atomic E-state index is 11.5. The number of hydrogen-bond donors (Lipinski definition) is 1. The van der Waals surface area contributed by atoms with Gasteiger partial charge in [-0.05, 0) is 0 Å². The van der Waals surface area contributed by atoms with Crippen molar-refractivity contribution in [2.75, 3.05) is 20.1 Å². The molecule has 0 aromatic carbocycles. The van der Waals surface area contributed by atoms with Gasteiger partial charge in [0, 0.05) is 20.1 Å². The Kier molecular flexibility index (Phi) is 2.98. The summed E-state index contributed by atoms with van der Waals surface area (Å²) in [5.41, 5.74) is 4.95. The topological polar surface area (TPSA) is 29.3 Å². The third-order valence-corrected chi connectivity index (χ3v) is 0.437. The van der Waals surface area contributed by atoms with E-state index in [2.05, 4.69) is 0 Å². The third kappa shape index (κ3) is 3.85. The molecule has 0 fully saturated rings. The molecule has 38 valence electrons. The summed E-state index contributed by atoms with van der Waals surface area (Å²) in [6.45, 7) is 0.701. The number of nitrogens with two attached hydrogens (primary N) is 1. The summed E-state index contributed by atoms with van der Waals surface area (Å²) >= 11 is 0. The van der Waals surface area contributed by atoms with E-state index in [1.54, 1.807) is 0 Å². The van der Waals surface area contributed by atoms with Gasteiger partial charge in [-0.3, -0.25) is 0 Å². The molecule has 0 aromatic rings. The van der Waals surface area contributed by atoms with Crippen LogP contribution in [0.1, 0.15) is 0 Å². The van der Waals surface area contributed by atoms with Crippen molar-refractivity contribution in [3.05, 3.63) is 0 Å². The highest BCUT2D eigenvalue weighted by molar-refractivity contribution is 4.33. The molecule has 0 amide bonds. The van der Waals surface area contributed by atoms with E-state index in [0.29, 0.717) is 18.2 Å². The summed E-state index contributed by atoms with van der Waals surface area (Å²) in [7, 11) is 1.34. The molecule has 0 unspecified atom stereocenters. The summed E-state index contributed by atoms with van der Waals surface area (Å²) < 4.78 is 11.5. The lowest BCUT2D eigenvalue weighted by molar-refractivity contribution is 0.0644. The van der Waals surface area contributed by atoms with E-state index in [1.807, 2.05) is 0 Å². The molecule has 0 atom stereocenters. The average Bonchev–Trinajstić information content (AvgIpc) is 1.35. The Balaban J connectivity index is 2.63.